The van der Waals surface area contributed by atoms with Crippen molar-refractivity contribution in [3.05, 3.63) is 29.3 Å². The van der Waals surface area contributed by atoms with Crippen LogP contribution in [0.4, 0.5) is 0 Å². The standard InChI is InChI=1S/C16H23NO2/c1-12-4-5-15(11-16(12)19-3)10-14-6-8-17(9-7-14)13(2)18/h4-5,11,14H,6-10H2,1-3H3. The maximum Gasteiger partial charge on any atom is 0.219 e. The van der Waals surface area contributed by atoms with Crippen LogP contribution in [0.15, 0.2) is 18.2 Å². The number of carbonyl (C=O) groups is 1. The summed E-state index contributed by atoms with van der Waals surface area (Å²) in [4.78, 5) is 13.2. The number of piperidine rings is 1. The van der Waals surface area contributed by atoms with E-state index in [9.17, 15) is 4.79 Å². The fourth-order valence-electron chi connectivity index (χ4n) is 2.78. The molecule has 0 aromatic heterocycles. The first-order valence-corrected chi connectivity index (χ1v) is 6.99. The molecule has 1 aliphatic rings. The number of methoxy groups -OCH3 is 1. The Hall–Kier alpha value is -1.51. The molecule has 0 saturated carbocycles. The van der Waals surface area contributed by atoms with Gasteiger partial charge in [-0.25, -0.2) is 0 Å². The number of rotatable bonds is 3. The average molecular weight is 261 g/mol. The van der Waals surface area contributed by atoms with E-state index >= 15 is 0 Å². The third kappa shape index (κ3) is 3.49. The largest absolute Gasteiger partial charge is 0.496 e. The van der Waals surface area contributed by atoms with Gasteiger partial charge in [0.2, 0.25) is 5.91 Å². The molecule has 3 nitrogen and oxygen atoms in total. The lowest BCUT2D eigenvalue weighted by Crippen LogP contribution is -2.37. The predicted octanol–water partition coefficient (Wildman–Crippen LogP) is 2.80. The molecule has 1 aromatic carbocycles. The van der Waals surface area contributed by atoms with Crippen LogP contribution < -0.4 is 4.74 Å². The van der Waals surface area contributed by atoms with Crippen LogP contribution in [0.5, 0.6) is 5.75 Å². The van der Waals surface area contributed by atoms with Crippen LogP contribution in [0.2, 0.25) is 0 Å². The van der Waals surface area contributed by atoms with Gasteiger partial charge in [-0.2, -0.15) is 0 Å². The van der Waals surface area contributed by atoms with E-state index in [1.807, 2.05) is 4.90 Å². The molecule has 2 rings (SSSR count). The second kappa shape index (κ2) is 6.09. The minimum atomic E-state index is 0.204. The molecule has 1 heterocycles. The highest BCUT2D eigenvalue weighted by atomic mass is 16.5. The molecule has 1 fully saturated rings. The average Bonchev–Trinajstić information content (AvgIpc) is 2.41. The predicted molar refractivity (Wildman–Crippen MR) is 76.4 cm³/mol. The first-order valence-electron chi connectivity index (χ1n) is 6.99. The Kier molecular flexibility index (Phi) is 4.46. The van der Waals surface area contributed by atoms with Gasteiger partial charge in [0.25, 0.3) is 0 Å². The zero-order chi connectivity index (χ0) is 13.8. The molecule has 1 amide bonds. The van der Waals surface area contributed by atoms with Gasteiger partial charge in [0, 0.05) is 20.0 Å². The fourth-order valence-corrected chi connectivity index (χ4v) is 2.78. The van der Waals surface area contributed by atoms with Gasteiger partial charge >= 0.3 is 0 Å². The summed E-state index contributed by atoms with van der Waals surface area (Å²) in [6.45, 7) is 5.53. The smallest absolute Gasteiger partial charge is 0.219 e. The van der Waals surface area contributed by atoms with Gasteiger partial charge in [-0.1, -0.05) is 12.1 Å². The number of benzene rings is 1. The molecule has 0 N–H and O–H groups in total. The van der Waals surface area contributed by atoms with Gasteiger partial charge < -0.3 is 9.64 Å². The lowest BCUT2D eigenvalue weighted by atomic mass is 9.90. The van der Waals surface area contributed by atoms with E-state index in [1.165, 1.54) is 11.1 Å². The molecule has 0 radical (unpaired) electrons. The number of ether oxygens (including phenoxy) is 1. The first-order chi connectivity index (χ1) is 9.10. The van der Waals surface area contributed by atoms with Crippen LogP contribution >= 0.6 is 0 Å². The molecule has 1 aliphatic heterocycles. The molecule has 3 heteroatoms. The number of carbonyl (C=O) groups excluding carboxylic acids is 1. The maximum absolute atomic E-state index is 11.3. The summed E-state index contributed by atoms with van der Waals surface area (Å²) in [6.07, 6.45) is 3.30. The Bertz CT molecular complexity index is 448. The molecule has 19 heavy (non-hydrogen) atoms. The lowest BCUT2D eigenvalue weighted by Gasteiger charge is -2.31. The van der Waals surface area contributed by atoms with Gasteiger partial charge in [-0.3, -0.25) is 4.79 Å². The topological polar surface area (TPSA) is 29.5 Å². The minimum Gasteiger partial charge on any atom is -0.496 e. The van der Waals surface area contributed by atoms with Crippen molar-refractivity contribution in [2.24, 2.45) is 5.92 Å². The van der Waals surface area contributed by atoms with Crippen LogP contribution in [-0.2, 0) is 11.2 Å². The summed E-state index contributed by atoms with van der Waals surface area (Å²) in [5.74, 6) is 1.86. The lowest BCUT2D eigenvalue weighted by molar-refractivity contribution is -0.130. The molecule has 0 atom stereocenters. The summed E-state index contributed by atoms with van der Waals surface area (Å²) >= 11 is 0. The van der Waals surface area contributed by atoms with Crippen molar-refractivity contribution in [1.82, 2.24) is 4.90 Å². The highest BCUT2D eigenvalue weighted by Crippen LogP contribution is 2.25. The molecule has 1 aromatic rings. The molecule has 104 valence electrons. The zero-order valence-corrected chi connectivity index (χ0v) is 12.1. The number of hydrogen-bond donors (Lipinski definition) is 0. The van der Waals surface area contributed by atoms with Crippen molar-refractivity contribution < 1.29 is 9.53 Å². The molecule has 0 unspecified atom stereocenters. The number of aryl methyl sites for hydroxylation is 1. The van der Waals surface area contributed by atoms with Crippen LogP contribution in [0.1, 0.15) is 30.9 Å². The minimum absolute atomic E-state index is 0.204. The van der Waals surface area contributed by atoms with Gasteiger partial charge in [0.1, 0.15) is 5.75 Å². The second-order valence-corrected chi connectivity index (χ2v) is 5.46. The molecule has 0 bridgehead atoms. The molecule has 0 aliphatic carbocycles. The van der Waals surface area contributed by atoms with E-state index in [1.54, 1.807) is 14.0 Å². The van der Waals surface area contributed by atoms with Gasteiger partial charge in [-0.05, 0) is 49.3 Å². The highest BCUT2D eigenvalue weighted by Gasteiger charge is 2.20. The Morgan fingerprint density at radius 1 is 1.37 bits per heavy atom. The summed E-state index contributed by atoms with van der Waals surface area (Å²) in [7, 11) is 1.72. The van der Waals surface area contributed by atoms with Crippen molar-refractivity contribution in [3.63, 3.8) is 0 Å². The SMILES string of the molecule is COc1cc(CC2CCN(C(C)=O)CC2)ccc1C. The van der Waals surface area contributed by atoms with E-state index in [2.05, 4.69) is 25.1 Å². The van der Waals surface area contributed by atoms with Crippen molar-refractivity contribution >= 4 is 5.91 Å². The second-order valence-electron chi connectivity index (χ2n) is 5.46. The molecular weight excluding hydrogens is 238 g/mol. The van der Waals surface area contributed by atoms with E-state index in [0.29, 0.717) is 5.92 Å². The van der Waals surface area contributed by atoms with Crippen LogP contribution in [0.25, 0.3) is 0 Å². The molecule has 1 saturated heterocycles. The van der Waals surface area contributed by atoms with E-state index in [0.717, 1.165) is 38.1 Å². The highest BCUT2D eigenvalue weighted by molar-refractivity contribution is 5.73. The number of amides is 1. The number of likely N-dealkylation sites (tertiary alicyclic amines) is 1. The van der Waals surface area contributed by atoms with Crippen molar-refractivity contribution in [2.45, 2.75) is 33.1 Å². The maximum atomic E-state index is 11.3. The van der Waals surface area contributed by atoms with Crippen molar-refractivity contribution in [1.29, 1.82) is 0 Å². The fraction of sp³-hybridized carbons (Fsp3) is 0.562. The Morgan fingerprint density at radius 2 is 2.05 bits per heavy atom. The summed E-state index contributed by atoms with van der Waals surface area (Å²) in [6, 6.07) is 6.46. The third-order valence-corrected chi connectivity index (χ3v) is 4.06. The number of hydrogen-bond acceptors (Lipinski definition) is 2. The monoisotopic (exact) mass is 261 g/mol. The molecular formula is C16H23NO2. The van der Waals surface area contributed by atoms with Gasteiger partial charge in [-0.15, -0.1) is 0 Å². The summed E-state index contributed by atoms with van der Waals surface area (Å²) < 4.78 is 5.37. The van der Waals surface area contributed by atoms with Crippen LogP contribution in [0.3, 0.4) is 0 Å². The van der Waals surface area contributed by atoms with Gasteiger partial charge in [0.05, 0.1) is 7.11 Å². The van der Waals surface area contributed by atoms with Crippen molar-refractivity contribution in [3.8, 4) is 5.75 Å². The zero-order valence-electron chi connectivity index (χ0n) is 12.1. The van der Waals surface area contributed by atoms with E-state index in [-0.39, 0.29) is 5.91 Å². The Morgan fingerprint density at radius 3 is 2.63 bits per heavy atom. The van der Waals surface area contributed by atoms with Crippen LogP contribution in [-0.4, -0.2) is 31.0 Å². The third-order valence-electron chi connectivity index (χ3n) is 4.06. The Balaban J connectivity index is 1.94. The normalized spacial score (nSPS) is 16.5. The van der Waals surface area contributed by atoms with E-state index < -0.39 is 0 Å². The first kappa shape index (κ1) is 13.9. The summed E-state index contributed by atoms with van der Waals surface area (Å²) in [5, 5.41) is 0. The molecule has 0 spiro atoms. The van der Waals surface area contributed by atoms with Crippen LogP contribution in [0, 0.1) is 12.8 Å². The van der Waals surface area contributed by atoms with Gasteiger partial charge in [0.15, 0.2) is 0 Å². The summed E-state index contributed by atoms with van der Waals surface area (Å²) in [5.41, 5.74) is 2.52. The van der Waals surface area contributed by atoms with E-state index in [4.69, 9.17) is 4.74 Å². The quantitative estimate of drug-likeness (QED) is 0.837. The van der Waals surface area contributed by atoms with Crippen molar-refractivity contribution in [2.75, 3.05) is 20.2 Å². The number of nitrogens with zero attached hydrogens (tertiary/aromatic N) is 1. The Labute approximate surface area is 115 Å².